The highest BCUT2D eigenvalue weighted by Crippen LogP contribution is 2.14. The minimum atomic E-state index is 0.734. The van der Waals surface area contributed by atoms with Gasteiger partial charge in [0.1, 0.15) is 0 Å². The first-order valence-corrected chi connectivity index (χ1v) is 11.9. The van der Waals surface area contributed by atoms with E-state index in [1.165, 1.54) is 73.9 Å². The molecule has 0 fully saturated rings. The van der Waals surface area contributed by atoms with Gasteiger partial charge in [-0.15, -0.1) is 0 Å². The van der Waals surface area contributed by atoms with E-state index in [-0.39, 0.29) is 0 Å². The Balaban J connectivity index is 4.26. The molecular weight excluding hydrogens is 350 g/mol. The first-order chi connectivity index (χ1) is 13.6. The second-order valence-electron chi connectivity index (χ2n) is 10.1. The van der Waals surface area contributed by atoms with E-state index in [4.69, 9.17) is 0 Å². The van der Waals surface area contributed by atoms with Gasteiger partial charge in [0.25, 0.3) is 0 Å². The number of nitrogens with zero attached hydrogens (tertiary/aromatic N) is 1. The van der Waals surface area contributed by atoms with Gasteiger partial charge in [-0.25, -0.2) is 0 Å². The lowest BCUT2D eigenvalue weighted by molar-refractivity contribution is 0.240. The minimum absolute atomic E-state index is 0.734. The van der Waals surface area contributed by atoms with Crippen molar-refractivity contribution in [3.63, 3.8) is 0 Å². The van der Waals surface area contributed by atoms with Gasteiger partial charge in [0.15, 0.2) is 0 Å². The van der Waals surface area contributed by atoms with Gasteiger partial charge in [0.2, 0.25) is 0 Å². The number of allylic oxidation sites excluding steroid dienone is 7. The average Bonchev–Trinajstić information content (AvgIpc) is 2.58. The van der Waals surface area contributed by atoms with Crippen molar-refractivity contribution in [2.75, 3.05) is 19.6 Å². The molecule has 0 amide bonds. The molecule has 0 unspecified atom stereocenters. The summed E-state index contributed by atoms with van der Waals surface area (Å²) in [5.74, 6) is 1.47. The molecule has 1 heteroatoms. The Labute approximate surface area is 184 Å². The van der Waals surface area contributed by atoms with Crippen molar-refractivity contribution in [1.82, 2.24) is 4.90 Å². The van der Waals surface area contributed by atoms with E-state index in [0.29, 0.717) is 0 Å². The number of rotatable bonds is 15. The fourth-order valence-electron chi connectivity index (χ4n) is 3.53. The summed E-state index contributed by atoms with van der Waals surface area (Å²) in [5.41, 5.74) is 6.02. The van der Waals surface area contributed by atoms with Crippen LogP contribution >= 0.6 is 0 Å². The molecule has 0 aromatic carbocycles. The maximum Gasteiger partial charge on any atom is 0.0165 e. The third kappa shape index (κ3) is 18.7. The van der Waals surface area contributed by atoms with Gasteiger partial charge in [0.05, 0.1) is 0 Å². The maximum atomic E-state index is 2.60. The van der Waals surface area contributed by atoms with E-state index in [1.54, 1.807) is 0 Å². The molecule has 0 N–H and O–H groups in total. The van der Waals surface area contributed by atoms with Crippen LogP contribution in [0.3, 0.4) is 0 Å². The molecule has 0 bridgehead atoms. The molecule has 168 valence electrons. The van der Waals surface area contributed by atoms with Crippen LogP contribution in [0.25, 0.3) is 0 Å². The summed E-state index contributed by atoms with van der Waals surface area (Å²) in [6.07, 6.45) is 16.8. The Morgan fingerprint density at radius 2 is 0.966 bits per heavy atom. The highest BCUT2D eigenvalue weighted by molar-refractivity contribution is 5.07. The zero-order valence-electron chi connectivity index (χ0n) is 21.3. The number of hydrogen-bond acceptors (Lipinski definition) is 1. The summed E-state index contributed by atoms with van der Waals surface area (Å²) >= 11 is 0. The molecule has 0 aromatic rings. The molecule has 0 aliphatic rings. The highest BCUT2D eigenvalue weighted by atomic mass is 15.1. The van der Waals surface area contributed by atoms with Gasteiger partial charge in [-0.3, -0.25) is 4.90 Å². The van der Waals surface area contributed by atoms with Gasteiger partial charge in [-0.1, -0.05) is 74.3 Å². The van der Waals surface area contributed by atoms with Crippen LogP contribution in [-0.2, 0) is 0 Å². The summed E-state index contributed by atoms with van der Waals surface area (Å²) in [5, 5.41) is 0. The first kappa shape index (κ1) is 27.9. The van der Waals surface area contributed by atoms with Gasteiger partial charge in [-0.05, 0) is 85.0 Å². The molecular formula is C28H51N. The Kier molecular flexibility index (Phi) is 16.1. The second-order valence-corrected chi connectivity index (χ2v) is 10.1. The van der Waals surface area contributed by atoms with Crippen LogP contribution in [0.4, 0.5) is 0 Å². The van der Waals surface area contributed by atoms with Crippen molar-refractivity contribution in [3.05, 3.63) is 46.6 Å². The van der Waals surface area contributed by atoms with Gasteiger partial charge in [-0.2, -0.15) is 0 Å². The third-order valence-corrected chi connectivity index (χ3v) is 5.10. The normalized spacial score (nSPS) is 13.7. The first-order valence-electron chi connectivity index (χ1n) is 11.9. The molecule has 0 radical (unpaired) electrons. The monoisotopic (exact) mass is 401 g/mol. The third-order valence-electron chi connectivity index (χ3n) is 5.10. The van der Waals surface area contributed by atoms with Crippen molar-refractivity contribution in [3.8, 4) is 0 Å². The van der Waals surface area contributed by atoms with Crippen LogP contribution in [0.15, 0.2) is 46.6 Å². The predicted octanol–water partition coefficient (Wildman–Crippen LogP) is 8.75. The average molecular weight is 402 g/mol. The topological polar surface area (TPSA) is 3.24 Å². The predicted molar refractivity (Wildman–Crippen MR) is 135 cm³/mol. The Bertz CT molecular complexity index is 529. The largest absolute Gasteiger partial charge is 0.299 e. The van der Waals surface area contributed by atoms with Crippen molar-refractivity contribution in [2.24, 2.45) is 11.8 Å². The quantitative estimate of drug-likeness (QED) is 0.248. The standard InChI is InChI=1S/C28H51N/c1-23(2)13-10-14-26(7)15-11-16-27(8)17-12-18-28(9)19-20-29(21-24(3)4)22-25(5)6/h13,15,17,19,24-25H,10-12,14,16,18,20-22H2,1-9H3/b26-15+,27-17+,28-19+. The smallest absolute Gasteiger partial charge is 0.0165 e. The lowest BCUT2D eigenvalue weighted by Gasteiger charge is -2.25. The molecule has 0 aliphatic carbocycles. The van der Waals surface area contributed by atoms with Crippen LogP contribution in [-0.4, -0.2) is 24.5 Å². The highest BCUT2D eigenvalue weighted by Gasteiger charge is 2.08. The van der Waals surface area contributed by atoms with Crippen LogP contribution < -0.4 is 0 Å². The van der Waals surface area contributed by atoms with Crippen LogP contribution in [0.2, 0.25) is 0 Å². The molecule has 29 heavy (non-hydrogen) atoms. The van der Waals surface area contributed by atoms with E-state index in [9.17, 15) is 0 Å². The molecule has 0 saturated carbocycles. The van der Waals surface area contributed by atoms with Gasteiger partial charge in [0, 0.05) is 19.6 Å². The van der Waals surface area contributed by atoms with Crippen molar-refractivity contribution < 1.29 is 0 Å². The molecule has 0 aromatic heterocycles. The van der Waals surface area contributed by atoms with E-state index >= 15 is 0 Å². The molecule has 0 rings (SSSR count). The molecule has 0 aliphatic heterocycles. The summed E-state index contributed by atoms with van der Waals surface area (Å²) in [4.78, 5) is 2.60. The van der Waals surface area contributed by atoms with Crippen molar-refractivity contribution in [2.45, 2.75) is 101 Å². The second kappa shape index (κ2) is 16.7. The minimum Gasteiger partial charge on any atom is -0.299 e. The number of hydrogen-bond donors (Lipinski definition) is 0. The lowest BCUT2D eigenvalue weighted by Crippen LogP contribution is -2.31. The Morgan fingerprint density at radius 3 is 1.34 bits per heavy atom. The van der Waals surface area contributed by atoms with Crippen LogP contribution in [0.5, 0.6) is 0 Å². The summed E-state index contributed by atoms with van der Waals surface area (Å²) in [7, 11) is 0. The Hall–Kier alpha value is -1.08. The van der Waals surface area contributed by atoms with E-state index < -0.39 is 0 Å². The lowest BCUT2D eigenvalue weighted by atomic mass is 10.0. The summed E-state index contributed by atoms with van der Waals surface area (Å²) < 4.78 is 0. The maximum absolute atomic E-state index is 2.60. The zero-order chi connectivity index (χ0) is 22.2. The molecule has 0 spiro atoms. The van der Waals surface area contributed by atoms with Gasteiger partial charge >= 0.3 is 0 Å². The molecule has 1 nitrogen and oxygen atoms in total. The van der Waals surface area contributed by atoms with E-state index in [0.717, 1.165) is 18.4 Å². The van der Waals surface area contributed by atoms with Crippen LogP contribution in [0.1, 0.15) is 101 Å². The van der Waals surface area contributed by atoms with Crippen molar-refractivity contribution in [1.29, 1.82) is 0 Å². The van der Waals surface area contributed by atoms with E-state index in [1.807, 2.05) is 0 Å². The Morgan fingerprint density at radius 1 is 0.586 bits per heavy atom. The summed E-state index contributed by atoms with van der Waals surface area (Å²) in [6, 6.07) is 0. The molecule has 0 saturated heterocycles. The van der Waals surface area contributed by atoms with Gasteiger partial charge < -0.3 is 0 Å². The summed E-state index contributed by atoms with van der Waals surface area (Å²) in [6.45, 7) is 24.0. The fourth-order valence-corrected chi connectivity index (χ4v) is 3.53. The zero-order valence-corrected chi connectivity index (χ0v) is 21.3. The molecule has 0 heterocycles. The SMILES string of the molecule is CC(C)=CCC/C(C)=C/CC/C(C)=C/CC/C(C)=C/CN(CC(C)C)CC(C)C. The fraction of sp³-hybridized carbons (Fsp3) is 0.714. The van der Waals surface area contributed by atoms with Crippen LogP contribution in [0, 0.1) is 11.8 Å². The van der Waals surface area contributed by atoms with E-state index in [2.05, 4.69) is 91.5 Å². The molecule has 0 atom stereocenters. The van der Waals surface area contributed by atoms with Crippen molar-refractivity contribution >= 4 is 0 Å².